The van der Waals surface area contributed by atoms with E-state index in [-0.39, 0.29) is 18.9 Å². The number of hydrogen-bond acceptors (Lipinski definition) is 13. The molecule has 73 heavy (non-hydrogen) atoms. The van der Waals surface area contributed by atoms with Gasteiger partial charge in [0.2, 0.25) is 5.91 Å². The molecule has 0 bridgehead atoms. The van der Waals surface area contributed by atoms with Crippen molar-refractivity contribution in [1.82, 2.24) is 5.32 Å². The van der Waals surface area contributed by atoms with Gasteiger partial charge in [-0.2, -0.15) is 0 Å². The van der Waals surface area contributed by atoms with Crippen LogP contribution in [0, 0.1) is 0 Å². The highest BCUT2D eigenvalue weighted by atomic mass is 16.7. The first-order chi connectivity index (χ1) is 35.6. The molecule has 2 heterocycles. The summed E-state index contributed by atoms with van der Waals surface area (Å²) in [5.74, 6) is -0.255. The summed E-state index contributed by atoms with van der Waals surface area (Å²) in [6.45, 7) is 2.65. The van der Waals surface area contributed by atoms with Crippen LogP contribution in [0.5, 0.6) is 0 Å². The minimum absolute atomic E-state index is 0.255. The molecule has 2 aliphatic rings. The molecule has 1 amide bonds. The monoisotopic (exact) mass is 1030 g/mol. The van der Waals surface area contributed by atoms with Crippen LogP contribution in [-0.4, -0.2) is 140 Å². The average molecular weight is 1030 g/mol. The van der Waals surface area contributed by atoms with E-state index in [1.54, 1.807) is 6.08 Å². The van der Waals surface area contributed by atoms with Crippen LogP contribution in [-0.2, 0) is 23.7 Å². The summed E-state index contributed by atoms with van der Waals surface area (Å²) in [6, 6.07) is -0.935. The van der Waals surface area contributed by atoms with Crippen LogP contribution in [0.3, 0.4) is 0 Å². The Morgan fingerprint density at radius 3 is 1.51 bits per heavy atom. The maximum absolute atomic E-state index is 13.2. The third kappa shape index (κ3) is 30.7. The van der Waals surface area contributed by atoms with Crippen LogP contribution in [0.15, 0.2) is 72.9 Å². The van der Waals surface area contributed by atoms with Gasteiger partial charge in [-0.1, -0.05) is 196 Å². The fourth-order valence-corrected chi connectivity index (χ4v) is 9.00. The fourth-order valence-electron chi connectivity index (χ4n) is 9.00. The molecule has 2 fully saturated rings. The Balaban J connectivity index is 1.76. The maximum atomic E-state index is 13.2. The number of aliphatic hydroxyl groups excluding tert-OH is 8. The van der Waals surface area contributed by atoms with Crippen molar-refractivity contribution in [2.24, 2.45) is 0 Å². The quantitative estimate of drug-likeness (QED) is 0.0205. The van der Waals surface area contributed by atoms with Crippen molar-refractivity contribution in [2.75, 3.05) is 19.8 Å². The summed E-state index contributed by atoms with van der Waals surface area (Å²) in [7, 11) is 0. The van der Waals surface area contributed by atoms with Crippen molar-refractivity contribution in [1.29, 1.82) is 0 Å². The summed E-state index contributed by atoms with van der Waals surface area (Å²) in [6.07, 6.45) is 40.8. The molecule has 14 heteroatoms. The van der Waals surface area contributed by atoms with Gasteiger partial charge in [0.1, 0.15) is 48.8 Å². The molecule has 12 atom stereocenters. The minimum atomic E-state index is -1.79. The number of allylic oxidation sites excluding steroid dienone is 11. The topological polar surface area (TPSA) is 228 Å². The number of rotatable bonds is 44. The number of amides is 1. The van der Waals surface area contributed by atoms with Gasteiger partial charge in [0, 0.05) is 6.42 Å². The van der Waals surface area contributed by atoms with Crippen molar-refractivity contribution in [2.45, 2.75) is 274 Å². The van der Waals surface area contributed by atoms with E-state index in [2.05, 4.69) is 79.9 Å². The average Bonchev–Trinajstić information content (AvgIpc) is 3.39. The van der Waals surface area contributed by atoms with Crippen LogP contribution >= 0.6 is 0 Å². The summed E-state index contributed by atoms with van der Waals surface area (Å²) >= 11 is 0. The Labute approximate surface area is 440 Å². The Bertz CT molecular complexity index is 1500. The third-order valence-corrected chi connectivity index (χ3v) is 13.6. The van der Waals surface area contributed by atoms with Gasteiger partial charge >= 0.3 is 0 Å². The number of ether oxygens (including phenoxy) is 4. The maximum Gasteiger partial charge on any atom is 0.220 e. The SMILES string of the molecule is CC/C=C\C/C=C\C/C=C\C/C=C\CCCCCCCCCCCCCCC(=O)NC(COC1OC(CO)C(OC2OC(CO)C(O)C(O)C2O)C(O)C1O)C(O)/C=C/CC/C=C/CCCCCCCCCC. The molecule has 422 valence electrons. The van der Waals surface area contributed by atoms with Crippen molar-refractivity contribution < 1.29 is 64.6 Å². The van der Waals surface area contributed by atoms with E-state index in [0.29, 0.717) is 12.8 Å². The highest BCUT2D eigenvalue weighted by Crippen LogP contribution is 2.30. The lowest BCUT2D eigenvalue weighted by molar-refractivity contribution is -0.359. The molecule has 0 radical (unpaired) electrons. The predicted molar refractivity (Wildman–Crippen MR) is 290 cm³/mol. The van der Waals surface area contributed by atoms with Gasteiger partial charge in [-0.25, -0.2) is 0 Å². The zero-order valence-corrected chi connectivity index (χ0v) is 45.1. The molecular formula is C59H103NO13. The molecule has 9 N–H and O–H groups in total. The number of aliphatic hydroxyl groups is 8. The molecular weight excluding hydrogens is 931 g/mol. The van der Waals surface area contributed by atoms with E-state index in [0.717, 1.165) is 64.2 Å². The lowest BCUT2D eigenvalue weighted by atomic mass is 9.97. The van der Waals surface area contributed by atoms with E-state index in [9.17, 15) is 45.6 Å². The van der Waals surface area contributed by atoms with Gasteiger partial charge in [0.15, 0.2) is 12.6 Å². The van der Waals surface area contributed by atoms with Crippen LogP contribution in [0.1, 0.15) is 200 Å². The van der Waals surface area contributed by atoms with Crippen molar-refractivity contribution in [3.05, 3.63) is 72.9 Å². The molecule has 0 aromatic rings. The van der Waals surface area contributed by atoms with Gasteiger partial charge in [0.05, 0.1) is 32.0 Å². The van der Waals surface area contributed by atoms with E-state index >= 15 is 0 Å². The van der Waals surface area contributed by atoms with E-state index in [1.165, 1.54) is 103 Å². The molecule has 2 rings (SSSR count). The largest absolute Gasteiger partial charge is 0.394 e. The van der Waals surface area contributed by atoms with Crippen LogP contribution in [0.25, 0.3) is 0 Å². The first kappa shape index (κ1) is 66.5. The third-order valence-electron chi connectivity index (χ3n) is 13.6. The van der Waals surface area contributed by atoms with Crippen molar-refractivity contribution in [3.63, 3.8) is 0 Å². The first-order valence-corrected chi connectivity index (χ1v) is 28.7. The molecule has 0 spiro atoms. The molecule has 2 saturated heterocycles. The second-order valence-electron chi connectivity index (χ2n) is 20.0. The molecule has 0 aromatic heterocycles. The Kier molecular flexibility index (Phi) is 40.6. The van der Waals surface area contributed by atoms with Gasteiger partial charge in [-0.05, 0) is 70.6 Å². The van der Waals surface area contributed by atoms with E-state index < -0.39 is 86.8 Å². The molecule has 14 nitrogen and oxygen atoms in total. The Morgan fingerprint density at radius 1 is 0.507 bits per heavy atom. The second-order valence-corrected chi connectivity index (χ2v) is 20.0. The van der Waals surface area contributed by atoms with E-state index in [1.807, 2.05) is 6.08 Å². The van der Waals surface area contributed by atoms with Crippen LogP contribution in [0.2, 0.25) is 0 Å². The summed E-state index contributed by atoms with van der Waals surface area (Å²) in [4.78, 5) is 13.2. The van der Waals surface area contributed by atoms with Gasteiger partial charge in [0.25, 0.3) is 0 Å². The lowest BCUT2D eigenvalue weighted by Crippen LogP contribution is -2.65. The smallest absolute Gasteiger partial charge is 0.220 e. The van der Waals surface area contributed by atoms with Gasteiger partial charge < -0.3 is 65.1 Å². The molecule has 0 aliphatic carbocycles. The number of hydrogen-bond donors (Lipinski definition) is 9. The minimum Gasteiger partial charge on any atom is -0.394 e. The standard InChI is InChI=1S/C59H103NO13/c1-3-5-7-9-11-13-15-17-19-20-21-22-23-24-25-26-27-28-29-31-33-35-37-39-41-43-51(64)60-47(48(63)42-40-38-36-34-32-30-18-16-14-12-10-8-6-4-2)46-70-58-56(69)54(67)57(50(45-62)72-58)73-59-55(68)53(66)52(65)49(44-61)71-59/h5,7,11,13,17,19,21-22,32,34,40,42,47-50,52-59,61-63,65-69H,3-4,6,8-10,12,14-16,18,20,23-31,33,35-39,41,43-46H2,1-2H3,(H,60,64)/b7-5-,13-11-,19-17-,22-21-,34-32+,42-40+. The highest BCUT2D eigenvalue weighted by Gasteiger charge is 2.51. The van der Waals surface area contributed by atoms with E-state index in [4.69, 9.17) is 18.9 Å². The lowest BCUT2D eigenvalue weighted by Gasteiger charge is -2.46. The normalized spacial score (nSPS) is 25.9. The second kappa shape index (κ2) is 44.5. The predicted octanol–water partition coefficient (Wildman–Crippen LogP) is 9.16. The van der Waals surface area contributed by atoms with Crippen LogP contribution in [0.4, 0.5) is 0 Å². The van der Waals surface area contributed by atoms with Crippen molar-refractivity contribution >= 4 is 5.91 Å². The number of unbranched alkanes of at least 4 members (excludes halogenated alkanes) is 21. The van der Waals surface area contributed by atoms with Gasteiger partial charge in [-0.3, -0.25) is 4.79 Å². The number of carbonyl (C=O) groups is 1. The Morgan fingerprint density at radius 2 is 0.959 bits per heavy atom. The molecule has 12 unspecified atom stereocenters. The summed E-state index contributed by atoms with van der Waals surface area (Å²) in [5.41, 5.74) is 0. The Hall–Kier alpha value is -2.57. The van der Waals surface area contributed by atoms with Crippen LogP contribution < -0.4 is 5.32 Å². The molecule has 0 aromatic carbocycles. The summed E-state index contributed by atoms with van der Waals surface area (Å²) in [5, 5.41) is 86.9. The zero-order chi connectivity index (χ0) is 53.2. The van der Waals surface area contributed by atoms with Crippen molar-refractivity contribution in [3.8, 4) is 0 Å². The van der Waals surface area contributed by atoms with Gasteiger partial charge in [-0.15, -0.1) is 0 Å². The highest BCUT2D eigenvalue weighted by molar-refractivity contribution is 5.76. The molecule has 0 saturated carbocycles. The molecule has 2 aliphatic heterocycles. The summed E-state index contributed by atoms with van der Waals surface area (Å²) < 4.78 is 22.7. The first-order valence-electron chi connectivity index (χ1n) is 28.7. The number of nitrogens with one attached hydrogen (secondary N) is 1. The zero-order valence-electron chi connectivity index (χ0n) is 45.1. The number of carbonyl (C=O) groups excluding carboxylic acids is 1. The fraction of sp³-hybridized carbons (Fsp3) is 0.780.